The van der Waals surface area contributed by atoms with Crippen molar-refractivity contribution in [3.63, 3.8) is 0 Å². The van der Waals surface area contributed by atoms with Crippen LogP contribution in [0, 0.1) is 24.0 Å². The Kier molecular flexibility index (Phi) is 8.45. The van der Waals surface area contributed by atoms with Gasteiger partial charge in [0, 0.05) is 17.8 Å². The summed E-state index contributed by atoms with van der Waals surface area (Å²) in [5.41, 5.74) is 2.29. The van der Waals surface area contributed by atoms with Gasteiger partial charge < -0.3 is 10.1 Å². The summed E-state index contributed by atoms with van der Waals surface area (Å²) in [6.45, 7) is 3.56. The second kappa shape index (κ2) is 11.8. The van der Waals surface area contributed by atoms with Gasteiger partial charge in [0.15, 0.2) is 6.61 Å². The van der Waals surface area contributed by atoms with E-state index in [0.29, 0.717) is 30.8 Å². The number of non-ortho nitro benzene ring substituents is 1. The summed E-state index contributed by atoms with van der Waals surface area (Å²) in [7, 11) is 0. The number of anilines is 2. The third-order valence-electron chi connectivity index (χ3n) is 5.96. The van der Waals surface area contributed by atoms with E-state index in [4.69, 9.17) is 4.74 Å². The van der Waals surface area contributed by atoms with Crippen molar-refractivity contribution < 1.29 is 28.8 Å². The number of rotatable bonds is 7. The predicted molar refractivity (Wildman–Crippen MR) is 154 cm³/mol. The number of aryl methyl sites for hydroxylation is 1. The lowest BCUT2D eigenvalue weighted by Gasteiger charge is -2.26. The fourth-order valence-corrected chi connectivity index (χ4v) is 5.27. The molecule has 0 aliphatic carbocycles. The minimum Gasteiger partial charge on any atom is -0.481 e. The van der Waals surface area contributed by atoms with E-state index in [1.807, 2.05) is 26.0 Å². The van der Waals surface area contributed by atoms with Crippen LogP contribution in [-0.4, -0.2) is 35.3 Å². The predicted octanol–water partition coefficient (Wildman–Crippen LogP) is 5.42. The summed E-state index contributed by atoms with van der Waals surface area (Å²) in [4.78, 5) is 61.7. The summed E-state index contributed by atoms with van der Waals surface area (Å²) in [5, 5.41) is 16.0. The van der Waals surface area contributed by atoms with Crippen molar-refractivity contribution in [1.29, 1.82) is 0 Å². The number of carbonyl (C=O) groups is 4. The van der Waals surface area contributed by atoms with Gasteiger partial charge in [0.1, 0.15) is 11.3 Å². The number of ether oxygens (including phenoxy) is 1. The Morgan fingerprint density at radius 2 is 1.75 bits per heavy atom. The van der Waals surface area contributed by atoms with Gasteiger partial charge in [0.2, 0.25) is 0 Å². The minimum absolute atomic E-state index is 0.0691. The number of nitrogens with one attached hydrogen (secondary N) is 2. The molecule has 0 radical (unpaired) electrons. The Bertz CT molecular complexity index is 1600. The molecule has 3 aromatic carbocycles. The van der Waals surface area contributed by atoms with Crippen molar-refractivity contribution in [2.45, 2.75) is 13.8 Å². The van der Waals surface area contributed by atoms with Crippen LogP contribution >= 0.6 is 31.9 Å². The lowest BCUT2D eigenvalue weighted by atomic mass is 10.1. The second-order valence-electron chi connectivity index (χ2n) is 8.63. The zero-order valence-corrected chi connectivity index (χ0v) is 24.2. The molecular formula is C27H20Br2N4O7. The van der Waals surface area contributed by atoms with Gasteiger partial charge in [0.05, 0.1) is 19.6 Å². The average Bonchev–Trinajstić information content (AvgIpc) is 2.89. The molecule has 2 N–H and O–H groups in total. The summed E-state index contributed by atoms with van der Waals surface area (Å²) in [6.07, 6.45) is 1.26. The first-order chi connectivity index (χ1) is 19.0. The second-order valence-corrected chi connectivity index (χ2v) is 10.3. The highest BCUT2D eigenvalue weighted by atomic mass is 79.9. The quantitative estimate of drug-likeness (QED) is 0.147. The van der Waals surface area contributed by atoms with E-state index in [1.165, 1.54) is 24.3 Å². The van der Waals surface area contributed by atoms with Crippen molar-refractivity contribution in [3.05, 3.63) is 95.9 Å². The first-order valence-electron chi connectivity index (χ1n) is 11.6. The van der Waals surface area contributed by atoms with Gasteiger partial charge in [-0.2, -0.15) is 0 Å². The van der Waals surface area contributed by atoms with Gasteiger partial charge in [-0.3, -0.25) is 29.8 Å². The number of carbonyl (C=O) groups excluding carboxylic acids is 4. The van der Waals surface area contributed by atoms with Gasteiger partial charge in [0.25, 0.3) is 23.4 Å². The first-order valence-corrected chi connectivity index (χ1v) is 13.2. The maximum absolute atomic E-state index is 13.2. The number of imide groups is 2. The summed E-state index contributed by atoms with van der Waals surface area (Å²) in [6, 6.07) is 12.6. The number of urea groups is 1. The maximum atomic E-state index is 13.2. The Labute approximate surface area is 244 Å². The zero-order chi connectivity index (χ0) is 29.1. The minimum atomic E-state index is -1.03. The van der Waals surface area contributed by atoms with E-state index < -0.39 is 22.8 Å². The third-order valence-corrected chi connectivity index (χ3v) is 7.14. The molecule has 0 aromatic heterocycles. The van der Waals surface area contributed by atoms with Crippen LogP contribution in [-0.2, 0) is 14.4 Å². The molecule has 0 saturated carbocycles. The molecule has 11 nitrogen and oxygen atoms in total. The number of hydrogen-bond donors (Lipinski definition) is 2. The number of benzene rings is 3. The van der Waals surface area contributed by atoms with Crippen LogP contribution in [0.1, 0.15) is 16.7 Å². The van der Waals surface area contributed by atoms with Crippen molar-refractivity contribution in [2.24, 2.45) is 0 Å². The standard InChI is InChI=1S/C27H20Br2N4O7/c1-14-5-3-8-22(15(14)2)30-23(34)13-40-24-20(28)10-16(11-21(24)29)9-19-25(35)31-27(37)32(26(19)36)17-6-4-7-18(12-17)33(38)39/h3-12H,13H2,1-2H3,(H,30,34)(H,31,35,37)/b19-9-. The van der Waals surface area contributed by atoms with Gasteiger partial charge in [-0.15, -0.1) is 0 Å². The van der Waals surface area contributed by atoms with Crippen LogP contribution in [0.3, 0.4) is 0 Å². The van der Waals surface area contributed by atoms with Crippen LogP contribution in [0.5, 0.6) is 5.75 Å². The summed E-state index contributed by atoms with van der Waals surface area (Å²) in [5.74, 6) is -1.93. The molecule has 5 amide bonds. The lowest BCUT2D eigenvalue weighted by Crippen LogP contribution is -2.54. The Hall–Kier alpha value is -4.36. The number of amides is 5. The number of nitro groups is 1. The number of halogens is 2. The molecule has 1 aliphatic rings. The topological polar surface area (TPSA) is 148 Å². The number of barbiturate groups is 1. The van der Waals surface area contributed by atoms with Crippen molar-refractivity contribution in [3.8, 4) is 5.75 Å². The Morgan fingerprint density at radius 1 is 1.07 bits per heavy atom. The molecule has 1 aliphatic heterocycles. The SMILES string of the molecule is Cc1cccc(NC(=O)COc2c(Br)cc(/C=C3/C(=O)NC(=O)N(c4cccc([N+](=O)[O-])c4)C3=O)cc2Br)c1C. The Morgan fingerprint density at radius 3 is 2.42 bits per heavy atom. The van der Waals surface area contributed by atoms with E-state index >= 15 is 0 Å². The molecule has 204 valence electrons. The smallest absolute Gasteiger partial charge is 0.335 e. The number of hydrogen-bond acceptors (Lipinski definition) is 7. The van der Waals surface area contributed by atoms with Gasteiger partial charge >= 0.3 is 6.03 Å². The Balaban J connectivity index is 1.54. The van der Waals surface area contributed by atoms with E-state index in [1.54, 1.807) is 18.2 Å². The van der Waals surface area contributed by atoms with E-state index in [2.05, 4.69) is 42.5 Å². The molecule has 0 atom stereocenters. The van der Waals surface area contributed by atoms with Crippen LogP contribution in [0.2, 0.25) is 0 Å². The van der Waals surface area contributed by atoms with Crippen molar-refractivity contribution in [1.82, 2.24) is 5.32 Å². The number of nitrogens with zero attached hydrogens (tertiary/aromatic N) is 2. The van der Waals surface area contributed by atoms with Crippen LogP contribution < -0.4 is 20.3 Å². The number of nitro benzene ring substituents is 1. The average molecular weight is 672 g/mol. The molecule has 40 heavy (non-hydrogen) atoms. The van der Waals surface area contributed by atoms with Gasteiger partial charge in [-0.25, -0.2) is 9.69 Å². The largest absolute Gasteiger partial charge is 0.481 e. The monoisotopic (exact) mass is 670 g/mol. The summed E-state index contributed by atoms with van der Waals surface area (Å²) < 4.78 is 6.54. The summed E-state index contributed by atoms with van der Waals surface area (Å²) >= 11 is 6.76. The molecule has 13 heteroatoms. The van der Waals surface area contributed by atoms with Crippen LogP contribution in [0.15, 0.2) is 69.1 Å². The van der Waals surface area contributed by atoms with Crippen LogP contribution in [0.4, 0.5) is 21.9 Å². The molecule has 4 rings (SSSR count). The maximum Gasteiger partial charge on any atom is 0.335 e. The normalized spacial score (nSPS) is 14.2. The molecule has 0 spiro atoms. The highest BCUT2D eigenvalue weighted by Gasteiger charge is 2.37. The van der Waals surface area contributed by atoms with Gasteiger partial charge in [-0.05, 0) is 92.7 Å². The van der Waals surface area contributed by atoms with Crippen molar-refractivity contribution >= 4 is 78.8 Å². The molecule has 1 fully saturated rings. The molecular weight excluding hydrogens is 652 g/mol. The van der Waals surface area contributed by atoms with E-state index in [-0.39, 0.29) is 29.5 Å². The fraction of sp³-hybridized carbons (Fsp3) is 0.111. The first kappa shape index (κ1) is 28.6. The molecule has 3 aromatic rings. The third kappa shape index (κ3) is 6.10. The molecule has 1 heterocycles. The van der Waals surface area contributed by atoms with E-state index in [9.17, 15) is 29.3 Å². The van der Waals surface area contributed by atoms with Crippen molar-refractivity contribution in [2.75, 3.05) is 16.8 Å². The van der Waals surface area contributed by atoms with Gasteiger partial charge in [-0.1, -0.05) is 18.2 Å². The zero-order valence-electron chi connectivity index (χ0n) is 21.0. The van der Waals surface area contributed by atoms with Crippen LogP contribution in [0.25, 0.3) is 6.08 Å². The fourth-order valence-electron chi connectivity index (χ4n) is 3.82. The molecule has 0 unspecified atom stereocenters. The highest BCUT2D eigenvalue weighted by molar-refractivity contribution is 9.11. The van der Waals surface area contributed by atoms with E-state index in [0.717, 1.165) is 17.2 Å². The highest BCUT2D eigenvalue weighted by Crippen LogP contribution is 2.36. The molecule has 1 saturated heterocycles. The molecule has 0 bridgehead atoms. The lowest BCUT2D eigenvalue weighted by molar-refractivity contribution is -0.384.